The first-order chi connectivity index (χ1) is 9.20. The second-order valence-electron chi connectivity index (χ2n) is 3.95. The fraction of sp³-hybridized carbons (Fsp3) is 0.143. The molecule has 0 aliphatic heterocycles. The Hall–Kier alpha value is -2.07. The van der Waals surface area contributed by atoms with Crippen molar-refractivity contribution in [3.8, 4) is 0 Å². The molecule has 0 spiro atoms. The quantitative estimate of drug-likeness (QED) is 0.902. The third kappa shape index (κ3) is 3.45. The number of anilines is 1. The summed E-state index contributed by atoms with van der Waals surface area (Å²) in [5.41, 5.74) is 1.45. The lowest BCUT2D eigenvalue weighted by Crippen LogP contribution is -2.23. The number of halogens is 1. The zero-order valence-corrected chi connectivity index (χ0v) is 11.2. The summed E-state index contributed by atoms with van der Waals surface area (Å²) >= 11 is 6.03. The Morgan fingerprint density at radius 3 is 2.84 bits per heavy atom. The summed E-state index contributed by atoms with van der Waals surface area (Å²) in [6.45, 7) is 0.399. The molecule has 0 unspecified atom stereocenters. The first-order valence-electron chi connectivity index (χ1n) is 5.86. The van der Waals surface area contributed by atoms with Gasteiger partial charge in [0.2, 0.25) is 0 Å². The summed E-state index contributed by atoms with van der Waals surface area (Å²) in [6.07, 6.45) is 1.59. The third-order valence-electron chi connectivity index (χ3n) is 2.68. The van der Waals surface area contributed by atoms with E-state index in [-0.39, 0.29) is 5.91 Å². The van der Waals surface area contributed by atoms with Gasteiger partial charge in [-0.15, -0.1) is 0 Å². The number of amides is 1. The SMILES string of the molecule is CNc1cc(C(=O)NCc2ccccc2Cl)ccn1. The number of rotatable bonds is 4. The third-order valence-corrected chi connectivity index (χ3v) is 3.04. The first-order valence-corrected chi connectivity index (χ1v) is 6.24. The Labute approximate surface area is 116 Å². The second kappa shape index (κ2) is 6.20. The van der Waals surface area contributed by atoms with Crippen molar-refractivity contribution in [2.24, 2.45) is 0 Å². The van der Waals surface area contributed by atoms with E-state index in [4.69, 9.17) is 11.6 Å². The molecule has 1 aromatic carbocycles. The van der Waals surface area contributed by atoms with Gasteiger partial charge in [0.15, 0.2) is 0 Å². The lowest BCUT2D eigenvalue weighted by molar-refractivity contribution is 0.0951. The Kier molecular flexibility index (Phi) is 4.36. The van der Waals surface area contributed by atoms with Crippen molar-refractivity contribution < 1.29 is 4.79 Å². The number of pyridine rings is 1. The predicted octanol–water partition coefficient (Wildman–Crippen LogP) is 2.71. The molecule has 98 valence electrons. The highest BCUT2D eigenvalue weighted by Crippen LogP contribution is 2.14. The minimum Gasteiger partial charge on any atom is -0.373 e. The van der Waals surface area contributed by atoms with Crippen LogP contribution in [0.25, 0.3) is 0 Å². The Balaban J connectivity index is 2.03. The van der Waals surface area contributed by atoms with Crippen LogP contribution in [0.5, 0.6) is 0 Å². The van der Waals surface area contributed by atoms with Crippen molar-refractivity contribution in [1.29, 1.82) is 0 Å². The molecule has 1 heterocycles. The monoisotopic (exact) mass is 275 g/mol. The van der Waals surface area contributed by atoms with Gasteiger partial charge in [-0.25, -0.2) is 4.98 Å². The Morgan fingerprint density at radius 2 is 2.11 bits per heavy atom. The highest BCUT2D eigenvalue weighted by molar-refractivity contribution is 6.31. The number of benzene rings is 1. The van der Waals surface area contributed by atoms with E-state index in [1.165, 1.54) is 0 Å². The van der Waals surface area contributed by atoms with Gasteiger partial charge in [-0.05, 0) is 23.8 Å². The van der Waals surface area contributed by atoms with Crippen LogP contribution in [-0.2, 0) is 6.54 Å². The van der Waals surface area contributed by atoms with Crippen LogP contribution < -0.4 is 10.6 Å². The van der Waals surface area contributed by atoms with Crippen LogP contribution >= 0.6 is 11.6 Å². The maximum absolute atomic E-state index is 12.0. The Morgan fingerprint density at radius 1 is 1.32 bits per heavy atom. The molecule has 0 aliphatic rings. The van der Waals surface area contributed by atoms with Crippen LogP contribution in [0.15, 0.2) is 42.6 Å². The van der Waals surface area contributed by atoms with E-state index in [9.17, 15) is 4.79 Å². The fourth-order valence-electron chi connectivity index (χ4n) is 1.63. The summed E-state index contributed by atoms with van der Waals surface area (Å²) in [6, 6.07) is 10.8. The van der Waals surface area contributed by atoms with Crippen molar-refractivity contribution in [3.63, 3.8) is 0 Å². The minimum absolute atomic E-state index is 0.154. The van der Waals surface area contributed by atoms with E-state index in [0.717, 1.165) is 5.56 Å². The predicted molar refractivity (Wildman–Crippen MR) is 76.4 cm³/mol. The number of hydrogen-bond acceptors (Lipinski definition) is 3. The van der Waals surface area contributed by atoms with Gasteiger partial charge >= 0.3 is 0 Å². The lowest BCUT2D eigenvalue weighted by Gasteiger charge is -2.07. The van der Waals surface area contributed by atoms with E-state index < -0.39 is 0 Å². The van der Waals surface area contributed by atoms with Gasteiger partial charge in [-0.1, -0.05) is 29.8 Å². The fourth-order valence-corrected chi connectivity index (χ4v) is 1.83. The molecule has 4 nitrogen and oxygen atoms in total. The van der Waals surface area contributed by atoms with E-state index >= 15 is 0 Å². The molecule has 5 heteroatoms. The van der Waals surface area contributed by atoms with Crippen molar-refractivity contribution in [2.45, 2.75) is 6.54 Å². The first kappa shape index (κ1) is 13.4. The standard InChI is InChI=1S/C14H14ClN3O/c1-16-13-8-10(6-7-17-13)14(19)18-9-11-4-2-3-5-12(11)15/h2-8H,9H2,1H3,(H,16,17)(H,18,19). The zero-order valence-electron chi connectivity index (χ0n) is 10.5. The smallest absolute Gasteiger partial charge is 0.251 e. The lowest BCUT2D eigenvalue weighted by atomic mass is 10.2. The van der Waals surface area contributed by atoms with Gasteiger partial charge in [0.05, 0.1) is 0 Å². The summed E-state index contributed by atoms with van der Waals surface area (Å²) in [4.78, 5) is 16.0. The van der Waals surface area contributed by atoms with Crippen LogP contribution in [0, 0.1) is 0 Å². The minimum atomic E-state index is -0.154. The molecule has 2 N–H and O–H groups in total. The van der Waals surface area contributed by atoms with Gasteiger partial charge in [0.1, 0.15) is 5.82 Å². The highest BCUT2D eigenvalue weighted by atomic mass is 35.5. The van der Waals surface area contributed by atoms with Gasteiger partial charge in [-0.3, -0.25) is 4.79 Å². The molecule has 1 aromatic heterocycles. The topological polar surface area (TPSA) is 54.0 Å². The molecule has 2 rings (SSSR count). The molecule has 1 amide bonds. The summed E-state index contributed by atoms with van der Waals surface area (Å²) < 4.78 is 0. The van der Waals surface area contributed by atoms with Crippen molar-refractivity contribution in [3.05, 3.63) is 58.7 Å². The van der Waals surface area contributed by atoms with Crippen molar-refractivity contribution >= 4 is 23.3 Å². The number of hydrogen-bond donors (Lipinski definition) is 2. The van der Waals surface area contributed by atoms with Crippen LogP contribution in [0.1, 0.15) is 15.9 Å². The van der Waals surface area contributed by atoms with Crippen molar-refractivity contribution in [2.75, 3.05) is 12.4 Å². The van der Waals surface area contributed by atoms with Crippen LogP contribution in [0.2, 0.25) is 5.02 Å². The molecule has 19 heavy (non-hydrogen) atoms. The molecular formula is C14H14ClN3O. The molecular weight excluding hydrogens is 262 g/mol. The maximum Gasteiger partial charge on any atom is 0.251 e. The summed E-state index contributed by atoms with van der Waals surface area (Å²) in [5, 5.41) is 6.37. The number of carbonyl (C=O) groups is 1. The largest absolute Gasteiger partial charge is 0.373 e. The molecule has 2 aromatic rings. The molecule has 0 radical (unpaired) electrons. The average molecular weight is 276 g/mol. The average Bonchev–Trinajstić information content (AvgIpc) is 2.46. The van der Waals surface area contributed by atoms with Gasteiger partial charge < -0.3 is 10.6 Å². The molecule has 0 saturated carbocycles. The molecule has 0 saturated heterocycles. The maximum atomic E-state index is 12.0. The molecule has 0 aliphatic carbocycles. The van der Waals surface area contributed by atoms with Gasteiger partial charge in [-0.2, -0.15) is 0 Å². The second-order valence-corrected chi connectivity index (χ2v) is 4.36. The molecule has 0 bridgehead atoms. The van der Waals surface area contributed by atoms with E-state index in [1.54, 1.807) is 31.4 Å². The normalized spacial score (nSPS) is 10.0. The molecule has 0 fully saturated rings. The zero-order chi connectivity index (χ0) is 13.7. The number of nitrogens with zero attached hydrogens (tertiary/aromatic N) is 1. The van der Waals surface area contributed by atoms with Crippen molar-refractivity contribution in [1.82, 2.24) is 10.3 Å². The van der Waals surface area contributed by atoms with Crippen LogP contribution in [0.4, 0.5) is 5.82 Å². The summed E-state index contributed by atoms with van der Waals surface area (Å²) in [5.74, 6) is 0.504. The van der Waals surface area contributed by atoms with E-state index in [1.807, 2.05) is 18.2 Å². The number of aromatic nitrogens is 1. The number of carbonyl (C=O) groups excluding carboxylic acids is 1. The van der Waals surface area contributed by atoms with Gasteiger partial charge in [0, 0.05) is 30.4 Å². The molecule has 0 atom stereocenters. The van der Waals surface area contributed by atoms with Crippen LogP contribution in [0.3, 0.4) is 0 Å². The number of nitrogens with one attached hydrogen (secondary N) is 2. The Bertz CT molecular complexity index is 586. The van der Waals surface area contributed by atoms with E-state index in [2.05, 4.69) is 15.6 Å². The highest BCUT2D eigenvalue weighted by Gasteiger charge is 2.07. The van der Waals surface area contributed by atoms with Gasteiger partial charge in [0.25, 0.3) is 5.91 Å². The summed E-state index contributed by atoms with van der Waals surface area (Å²) in [7, 11) is 1.76. The van der Waals surface area contributed by atoms with E-state index in [0.29, 0.717) is 22.9 Å². The van der Waals surface area contributed by atoms with Crippen LogP contribution in [-0.4, -0.2) is 17.9 Å².